The molecule has 0 atom stereocenters. The highest BCUT2D eigenvalue weighted by Gasteiger charge is 1.98. The molecular weight excluding hydrogens is 182 g/mol. The summed E-state index contributed by atoms with van der Waals surface area (Å²) in [6, 6.07) is 7.57. The molecule has 0 saturated carbocycles. The van der Waals surface area contributed by atoms with Gasteiger partial charge in [-0.2, -0.15) is 5.26 Å². The highest BCUT2D eigenvalue weighted by Crippen LogP contribution is 2.24. The van der Waals surface area contributed by atoms with Crippen molar-refractivity contribution in [3.63, 3.8) is 0 Å². The van der Waals surface area contributed by atoms with Crippen LogP contribution in [0, 0.1) is 18.3 Å². The molecule has 0 aliphatic carbocycles. The van der Waals surface area contributed by atoms with Gasteiger partial charge in [0.2, 0.25) is 0 Å². The Morgan fingerprint density at radius 1 is 1.54 bits per heavy atom. The standard InChI is InChI=1S/C10H11NOS/c1-8-7-9(3-4-10(8)12)13-6-2-5-11/h3-4,7,12H,2,6H2,1H3. The lowest BCUT2D eigenvalue weighted by atomic mass is 10.2. The Hall–Kier alpha value is -1.14. The molecule has 1 rings (SSSR count). The second kappa shape index (κ2) is 4.78. The van der Waals surface area contributed by atoms with Gasteiger partial charge in [-0.3, -0.25) is 0 Å². The Morgan fingerprint density at radius 2 is 2.31 bits per heavy atom. The summed E-state index contributed by atoms with van der Waals surface area (Å²) in [4.78, 5) is 1.10. The van der Waals surface area contributed by atoms with E-state index in [9.17, 15) is 5.11 Å². The molecule has 68 valence electrons. The van der Waals surface area contributed by atoms with Crippen LogP contribution in [0.15, 0.2) is 23.1 Å². The van der Waals surface area contributed by atoms with E-state index in [-0.39, 0.29) is 0 Å². The van der Waals surface area contributed by atoms with Gasteiger partial charge in [-0.15, -0.1) is 11.8 Å². The number of aryl methyl sites for hydroxylation is 1. The van der Waals surface area contributed by atoms with Gasteiger partial charge in [-0.05, 0) is 30.7 Å². The first-order valence-corrected chi connectivity index (χ1v) is 5.02. The minimum absolute atomic E-state index is 0.324. The zero-order valence-electron chi connectivity index (χ0n) is 7.45. The number of phenols is 1. The third kappa shape index (κ3) is 3.00. The molecule has 13 heavy (non-hydrogen) atoms. The Bertz CT molecular complexity index is 330. The highest BCUT2D eigenvalue weighted by atomic mass is 32.2. The van der Waals surface area contributed by atoms with Crippen molar-refractivity contribution in [2.45, 2.75) is 18.2 Å². The maximum atomic E-state index is 9.25. The van der Waals surface area contributed by atoms with Gasteiger partial charge in [-0.25, -0.2) is 0 Å². The summed E-state index contributed by atoms with van der Waals surface area (Å²) in [5.41, 5.74) is 0.877. The van der Waals surface area contributed by atoms with E-state index in [2.05, 4.69) is 6.07 Å². The number of hydrogen-bond acceptors (Lipinski definition) is 3. The average molecular weight is 193 g/mol. The van der Waals surface area contributed by atoms with Crippen LogP contribution in [-0.4, -0.2) is 10.9 Å². The molecule has 0 saturated heterocycles. The van der Waals surface area contributed by atoms with Crippen molar-refractivity contribution in [1.82, 2.24) is 0 Å². The summed E-state index contributed by atoms with van der Waals surface area (Å²) in [5.74, 6) is 1.13. The van der Waals surface area contributed by atoms with E-state index in [4.69, 9.17) is 5.26 Å². The highest BCUT2D eigenvalue weighted by molar-refractivity contribution is 7.99. The summed E-state index contributed by atoms with van der Waals surface area (Å²) in [7, 11) is 0. The van der Waals surface area contributed by atoms with Crippen LogP contribution in [0.2, 0.25) is 0 Å². The topological polar surface area (TPSA) is 44.0 Å². The minimum atomic E-state index is 0.324. The number of benzene rings is 1. The lowest BCUT2D eigenvalue weighted by Crippen LogP contribution is -1.79. The number of nitriles is 1. The maximum absolute atomic E-state index is 9.25. The fraction of sp³-hybridized carbons (Fsp3) is 0.300. The average Bonchev–Trinajstić information content (AvgIpc) is 2.12. The zero-order valence-corrected chi connectivity index (χ0v) is 8.27. The van der Waals surface area contributed by atoms with Crippen molar-refractivity contribution in [2.24, 2.45) is 0 Å². The molecule has 0 aromatic heterocycles. The van der Waals surface area contributed by atoms with Gasteiger partial charge < -0.3 is 5.11 Å². The van der Waals surface area contributed by atoms with E-state index in [1.807, 2.05) is 19.1 Å². The van der Waals surface area contributed by atoms with Crippen LogP contribution in [0.25, 0.3) is 0 Å². The molecule has 3 heteroatoms. The molecule has 0 aliphatic rings. The van der Waals surface area contributed by atoms with E-state index >= 15 is 0 Å². The number of nitrogens with zero attached hydrogens (tertiary/aromatic N) is 1. The molecule has 1 aromatic rings. The second-order valence-electron chi connectivity index (χ2n) is 2.70. The van der Waals surface area contributed by atoms with Gasteiger partial charge >= 0.3 is 0 Å². The second-order valence-corrected chi connectivity index (χ2v) is 3.87. The van der Waals surface area contributed by atoms with E-state index in [0.717, 1.165) is 16.2 Å². The Kier molecular flexibility index (Phi) is 3.66. The molecule has 0 spiro atoms. The summed E-state index contributed by atoms with van der Waals surface area (Å²) in [6.45, 7) is 1.86. The van der Waals surface area contributed by atoms with Crippen molar-refractivity contribution >= 4 is 11.8 Å². The largest absolute Gasteiger partial charge is 0.508 e. The molecule has 1 aromatic carbocycles. The van der Waals surface area contributed by atoms with Crippen LogP contribution in [-0.2, 0) is 0 Å². The van der Waals surface area contributed by atoms with Gasteiger partial charge in [0.15, 0.2) is 0 Å². The molecular formula is C10H11NOS. The van der Waals surface area contributed by atoms with Crippen molar-refractivity contribution in [3.05, 3.63) is 23.8 Å². The molecule has 0 heterocycles. The van der Waals surface area contributed by atoms with Crippen LogP contribution >= 0.6 is 11.8 Å². The van der Waals surface area contributed by atoms with Gasteiger partial charge in [0, 0.05) is 17.1 Å². The minimum Gasteiger partial charge on any atom is -0.508 e. The SMILES string of the molecule is Cc1cc(SCCC#N)ccc1O. The Morgan fingerprint density at radius 3 is 2.92 bits per heavy atom. The van der Waals surface area contributed by atoms with Crippen molar-refractivity contribution in [3.8, 4) is 11.8 Å². The normalized spacial score (nSPS) is 9.54. The van der Waals surface area contributed by atoms with Gasteiger partial charge in [0.1, 0.15) is 5.75 Å². The molecule has 0 fully saturated rings. The van der Waals surface area contributed by atoms with Crippen LogP contribution < -0.4 is 0 Å². The van der Waals surface area contributed by atoms with Gasteiger partial charge in [-0.1, -0.05) is 0 Å². The first-order chi connectivity index (χ1) is 6.24. The van der Waals surface area contributed by atoms with Gasteiger partial charge in [0.25, 0.3) is 0 Å². The summed E-state index contributed by atoms with van der Waals surface area (Å²) in [5, 5.41) is 17.6. The number of thioether (sulfide) groups is 1. The van der Waals surface area contributed by atoms with Gasteiger partial charge in [0.05, 0.1) is 6.07 Å². The van der Waals surface area contributed by atoms with Crippen LogP contribution in [0.5, 0.6) is 5.75 Å². The molecule has 2 nitrogen and oxygen atoms in total. The molecule has 0 bridgehead atoms. The summed E-state index contributed by atoms with van der Waals surface area (Å²) in [6.07, 6.45) is 0.560. The Labute approximate surface area is 82.2 Å². The predicted octanol–water partition coefficient (Wildman–Crippen LogP) is 2.71. The quantitative estimate of drug-likeness (QED) is 0.593. The lowest BCUT2D eigenvalue weighted by Gasteiger charge is -2.02. The zero-order chi connectivity index (χ0) is 9.68. The first kappa shape index (κ1) is 9.94. The molecule has 0 amide bonds. The van der Waals surface area contributed by atoms with Crippen molar-refractivity contribution in [1.29, 1.82) is 5.26 Å². The lowest BCUT2D eigenvalue weighted by molar-refractivity contribution is 0.470. The van der Waals surface area contributed by atoms with Crippen molar-refractivity contribution < 1.29 is 5.11 Å². The third-order valence-electron chi connectivity index (χ3n) is 1.65. The smallest absolute Gasteiger partial charge is 0.118 e. The monoisotopic (exact) mass is 193 g/mol. The predicted molar refractivity (Wildman–Crippen MR) is 53.8 cm³/mol. The van der Waals surface area contributed by atoms with E-state index in [0.29, 0.717) is 12.2 Å². The van der Waals surface area contributed by atoms with E-state index in [1.54, 1.807) is 17.8 Å². The van der Waals surface area contributed by atoms with Crippen LogP contribution in [0.4, 0.5) is 0 Å². The number of hydrogen-bond donors (Lipinski definition) is 1. The molecule has 0 aliphatic heterocycles. The molecule has 0 unspecified atom stereocenters. The number of aromatic hydroxyl groups is 1. The number of phenolic OH excluding ortho intramolecular Hbond substituents is 1. The fourth-order valence-corrected chi connectivity index (χ4v) is 1.79. The fourth-order valence-electron chi connectivity index (χ4n) is 0.932. The molecule has 0 radical (unpaired) electrons. The number of rotatable bonds is 3. The van der Waals surface area contributed by atoms with E-state index < -0.39 is 0 Å². The van der Waals surface area contributed by atoms with E-state index in [1.165, 1.54) is 0 Å². The van der Waals surface area contributed by atoms with Crippen LogP contribution in [0.3, 0.4) is 0 Å². The third-order valence-corrected chi connectivity index (χ3v) is 2.65. The molecule has 1 N–H and O–H groups in total. The maximum Gasteiger partial charge on any atom is 0.118 e. The first-order valence-electron chi connectivity index (χ1n) is 4.03. The van der Waals surface area contributed by atoms with Crippen molar-refractivity contribution in [2.75, 3.05) is 5.75 Å². The summed E-state index contributed by atoms with van der Waals surface area (Å²) < 4.78 is 0. The summed E-state index contributed by atoms with van der Waals surface area (Å²) >= 11 is 1.63. The van der Waals surface area contributed by atoms with Crippen LogP contribution in [0.1, 0.15) is 12.0 Å². The Balaban J connectivity index is 2.59.